The van der Waals surface area contributed by atoms with Crippen LogP contribution in [-0.2, 0) is 19.2 Å². The van der Waals surface area contributed by atoms with Crippen LogP contribution in [0.15, 0.2) is 72.2 Å². The summed E-state index contributed by atoms with van der Waals surface area (Å²) in [6, 6.07) is 19.4. The molecule has 3 saturated heterocycles. The summed E-state index contributed by atoms with van der Waals surface area (Å²) in [5.41, 5.74) is 2.52. The van der Waals surface area contributed by atoms with Gasteiger partial charge in [0.25, 0.3) is 11.8 Å². The van der Waals surface area contributed by atoms with Crippen molar-refractivity contribution < 1.29 is 38.2 Å². The topological polar surface area (TPSA) is 197 Å². The number of alkyl halides is 1. The molecule has 1 aromatic heterocycles. The lowest BCUT2D eigenvalue weighted by Gasteiger charge is -2.63. The Morgan fingerprint density at radius 1 is 0.925 bits per heavy atom. The standard InChI is InChI=1S/C62H74ClFN8O7S/c1-37-51(80-36-66-37)41-17-15-40(16-18-41)48(67-54(76)49-31-45(73)35-72(49)55(77)52(59(2,3)4)68-58(78)62(64)25-26-62)33-50(74)71-29-23-44(24-30-71)70-27-21-39(22-28-70)10-9-38-11-13-42(14-12-38)53(75)69-56-60(5,6)57(61(56,7)8)79-46-20-19-43(34-65)47(63)32-46/h11-20,32,36,39,44-45,48-49,52,56-57,73H,21-31,33,35H2,1-8H3,(H,67,76)(H,68,78)(H,69,75)/t45-,48+,49+,52-,56-,57-/m1/s1. The van der Waals surface area contributed by atoms with E-state index in [1.54, 1.807) is 44.5 Å². The normalized spacial score (nSPS) is 23.3. The number of rotatable bonds is 14. The maximum Gasteiger partial charge on any atom is 0.258 e. The molecule has 3 aromatic carbocycles. The second kappa shape index (κ2) is 23.2. The molecule has 15 nitrogen and oxygen atoms in total. The van der Waals surface area contributed by atoms with E-state index in [1.165, 1.54) is 16.2 Å². The van der Waals surface area contributed by atoms with E-state index in [1.807, 2.05) is 60.4 Å². The monoisotopic (exact) mass is 1130 g/mol. The lowest BCUT2D eigenvalue weighted by molar-refractivity contribution is -0.164. The number of carbonyl (C=O) groups excluding carboxylic acids is 5. The maximum absolute atomic E-state index is 14.8. The van der Waals surface area contributed by atoms with E-state index in [2.05, 4.69) is 71.4 Å². The minimum Gasteiger partial charge on any atom is -0.489 e. The number of ether oxygens (including phenoxy) is 1. The highest BCUT2D eigenvalue weighted by Crippen LogP contribution is 2.56. The molecule has 3 aliphatic heterocycles. The smallest absolute Gasteiger partial charge is 0.258 e. The Morgan fingerprint density at radius 2 is 1.59 bits per heavy atom. The van der Waals surface area contributed by atoms with Crippen molar-refractivity contribution >= 4 is 52.5 Å². The van der Waals surface area contributed by atoms with Crippen molar-refractivity contribution in [1.29, 1.82) is 5.26 Å². The van der Waals surface area contributed by atoms with Gasteiger partial charge in [0.1, 0.15) is 30.0 Å². The quantitative estimate of drug-likeness (QED) is 0.0888. The van der Waals surface area contributed by atoms with Crippen molar-refractivity contribution in [3.63, 3.8) is 0 Å². The van der Waals surface area contributed by atoms with Gasteiger partial charge in [0.15, 0.2) is 5.67 Å². The van der Waals surface area contributed by atoms with E-state index in [9.17, 15) is 38.7 Å². The highest BCUT2D eigenvalue weighted by atomic mass is 35.5. The fraction of sp³-hybridized carbons (Fsp3) is 0.532. The molecule has 5 amide bonds. The lowest BCUT2D eigenvalue weighted by Crippen LogP contribution is -2.74. The number of aliphatic hydroxyl groups excluding tert-OH is 1. The minimum absolute atomic E-state index is 0.0231. The summed E-state index contributed by atoms with van der Waals surface area (Å²) in [5, 5.41) is 29.4. The number of β-amino-alcohol motifs (C(OH)–C–C–N with tert-alkyl or cyclic N) is 1. The highest BCUT2D eigenvalue weighted by Gasteiger charge is 2.64. The molecule has 0 radical (unpaired) electrons. The third-order valence-corrected chi connectivity index (χ3v) is 18.5. The molecule has 9 rings (SSSR count). The first-order valence-corrected chi connectivity index (χ1v) is 29.2. The van der Waals surface area contributed by atoms with Crippen LogP contribution in [0.25, 0.3) is 10.4 Å². The van der Waals surface area contributed by atoms with Gasteiger partial charge in [-0.2, -0.15) is 5.26 Å². The number of benzene rings is 3. The zero-order chi connectivity index (χ0) is 57.5. The van der Waals surface area contributed by atoms with Crippen LogP contribution in [0.3, 0.4) is 0 Å². The Kier molecular flexibility index (Phi) is 16.9. The second-order valence-electron chi connectivity index (χ2n) is 24.9. The Hall–Kier alpha value is -6.37. The third kappa shape index (κ3) is 12.6. The number of hydrogen-bond acceptors (Lipinski definition) is 11. The number of nitriles is 1. The van der Waals surface area contributed by atoms with Gasteiger partial charge >= 0.3 is 0 Å². The summed E-state index contributed by atoms with van der Waals surface area (Å²) in [7, 11) is 0. The average molecular weight is 1130 g/mol. The molecule has 0 bridgehead atoms. The number of aryl methyl sites for hydroxylation is 1. The first-order valence-electron chi connectivity index (χ1n) is 28.0. The molecular formula is C62H74ClFN8O7S. The number of nitrogens with zero attached hydrogens (tertiary/aromatic N) is 5. The van der Waals surface area contributed by atoms with Crippen LogP contribution in [0.4, 0.5) is 4.39 Å². The zero-order valence-electron chi connectivity index (χ0n) is 47.0. The molecule has 4 N–H and O–H groups in total. The summed E-state index contributed by atoms with van der Waals surface area (Å²) >= 11 is 7.80. The predicted molar refractivity (Wildman–Crippen MR) is 305 cm³/mol. The number of likely N-dealkylation sites (tertiary alicyclic amines) is 3. The number of thiazole rings is 1. The van der Waals surface area contributed by atoms with Crippen LogP contribution in [0.5, 0.6) is 5.75 Å². The van der Waals surface area contributed by atoms with Gasteiger partial charge in [-0.25, -0.2) is 9.37 Å². The van der Waals surface area contributed by atoms with Crippen molar-refractivity contribution in [2.75, 3.05) is 32.7 Å². The van der Waals surface area contributed by atoms with E-state index >= 15 is 0 Å². The van der Waals surface area contributed by atoms with Gasteiger partial charge in [0.05, 0.1) is 45.2 Å². The molecule has 424 valence electrons. The first-order chi connectivity index (χ1) is 37.9. The number of piperidine rings is 2. The summed E-state index contributed by atoms with van der Waals surface area (Å²) in [6.45, 7) is 18.3. The van der Waals surface area contributed by atoms with Crippen molar-refractivity contribution in [2.24, 2.45) is 22.2 Å². The van der Waals surface area contributed by atoms with Gasteiger partial charge in [-0.3, -0.25) is 24.0 Å². The molecule has 0 unspecified atom stereocenters. The molecule has 5 fully saturated rings. The van der Waals surface area contributed by atoms with Crippen molar-refractivity contribution in [1.82, 2.24) is 35.6 Å². The van der Waals surface area contributed by atoms with Crippen LogP contribution >= 0.6 is 22.9 Å². The fourth-order valence-corrected chi connectivity index (χ4v) is 13.6. The van der Waals surface area contributed by atoms with Gasteiger partial charge in [-0.05, 0) is 111 Å². The molecule has 18 heteroatoms. The highest BCUT2D eigenvalue weighted by molar-refractivity contribution is 7.13. The number of carbonyl (C=O) groups is 5. The molecule has 80 heavy (non-hydrogen) atoms. The summed E-state index contributed by atoms with van der Waals surface area (Å²) in [4.78, 5) is 80.4. The number of nitrogens with one attached hydrogen (secondary N) is 3. The summed E-state index contributed by atoms with van der Waals surface area (Å²) in [5.74, 6) is 5.42. The lowest BCUT2D eigenvalue weighted by atomic mass is 9.49. The first kappa shape index (κ1) is 58.3. The third-order valence-electron chi connectivity index (χ3n) is 17.2. The Morgan fingerprint density at radius 3 is 2.17 bits per heavy atom. The summed E-state index contributed by atoms with van der Waals surface area (Å²) in [6.07, 6.45) is 2.37. The van der Waals surface area contributed by atoms with Crippen molar-refractivity contribution in [3.8, 4) is 34.1 Å². The van der Waals surface area contributed by atoms with Crippen LogP contribution < -0.4 is 20.7 Å². The van der Waals surface area contributed by atoms with E-state index < -0.39 is 53.0 Å². The van der Waals surface area contributed by atoms with E-state index in [0.717, 1.165) is 60.5 Å². The molecule has 0 spiro atoms. The Balaban J connectivity index is 0.771. The van der Waals surface area contributed by atoms with Gasteiger partial charge in [-0.15, -0.1) is 11.3 Å². The van der Waals surface area contributed by atoms with Crippen LogP contribution in [0, 0.1) is 52.3 Å². The van der Waals surface area contributed by atoms with E-state index in [0.29, 0.717) is 46.6 Å². The van der Waals surface area contributed by atoms with Gasteiger partial charge in [0, 0.05) is 72.1 Å². The predicted octanol–water partition coefficient (Wildman–Crippen LogP) is 8.55. The number of aromatic nitrogens is 1. The SMILES string of the molecule is Cc1ncsc1-c1ccc([C@H](CC(=O)N2CCC(N3CCC(C#Cc4ccc(C(=O)N[C@H]5C(C)(C)[C@H](Oc6ccc(C#N)c(Cl)c6)C5(C)C)cc4)CC3)CC2)NC(=O)[C@@H]2C[C@@H](O)CN2C(=O)[C@@H](NC(=O)C2(F)CC2)C(C)(C)C)cc1. The van der Waals surface area contributed by atoms with E-state index in [-0.39, 0.29) is 72.9 Å². The Bertz CT molecular complexity index is 3070. The summed E-state index contributed by atoms with van der Waals surface area (Å²) < 4.78 is 21.2. The molecule has 4 atom stereocenters. The molecular weight excluding hydrogens is 1060 g/mol. The average Bonchev–Trinajstić information content (AvgIpc) is 3.84. The van der Waals surface area contributed by atoms with Crippen molar-refractivity contribution in [3.05, 3.63) is 105 Å². The molecule has 4 heterocycles. The molecule has 2 aliphatic carbocycles. The zero-order valence-corrected chi connectivity index (χ0v) is 48.6. The van der Waals surface area contributed by atoms with Gasteiger partial charge < -0.3 is 40.5 Å². The van der Waals surface area contributed by atoms with Gasteiger partial charge in [-0.1, -0.05) is 96.2 Å². The Labute approximate surface area is 478 Å². The van der Waals surface area contributed by atoms with Gasteiger partial charge in [0.2, 0.25) is 17.7 Å². The number of aliphatic hydroxyl groups is 1. The van der Waals surface area contributed by atoms with E-state index in [4.69, 9.17) is 16.3 Å². The van der Waals surface area contributed by atoms with Crippen LogP contribution in [-0.4, -0.2) is 129 Å². The fourth-order valence-electron chi connectivity index (χ4n) is 12.6. The van der Waals surface area contributed by atoms with Crippen molar-refractivity contribution in [2.45, 2.75) is 155 Å². The molecule has 5 aliphatic rings. The largest absolute Gasteiger partial charge is 0.489 e. The minimum atomic E-state index is -2.01. The number of amides is 5. The number of halogens is 2. The van der Waals surface area contributed by atoms with Crippen LogP contribution in [0.1, 0.15) is 139 Å². The van der Waals surface area contributed by atoms with Crippen LogP contribution in [0.2, 0.25) is 5.02 Å². The molecule has 4 aromatic rings. The maximum atomic E-state index is 14.8. The molecule has 2 saturated carbocycles. The number of hydrogen-bond donors (Lipinski definition) is 4. The second-order valence-corrected chi connectivity index (χ2v) is 26.1.